The summed E-state index contributed by atoms with van der Waals surface area (Å²) < 4.78 is 2.18. The first-order valence-corrected chi connectivity index (χ1v) is 9.40. The molecule has 2 aromatic heterocycles. The minimum Gasteiger partial charge on any atom is -0.366 e. The van der Waals surface area contributed by atoms with Crippen LogP contribution in [0.1, 0.15) is 35.7 Å². The van der Waals surface area contributed by atoms with E-state index in [2.05, 4.69) is 61.2 Å². The van der Waals surface area contributed by atoms with Gasteiger partial charge in [0, 0.05) is 25.2 Å². The number of fused-ring (bicyclic) bond motifs is 1. The molecule has 2 aromatic carbocycles. The third-order valence-electron chi connectivity index (χ3n) is 4.99. The molecule has 1 fully saturated rings. The van der Waals surface area contributed by atoms with Crippen molar-refractivity contribution in [1.82, 2.24) is 19.5 Å². The van der Waals surface area contributed by atoms with E-state index in [1.54, 1.807) is 0 Å². The van der Waals surface area contributed by atoms with Crippen molar-refractivity contribution in [3.8, 4) is 0 Å². The number of anilines is 1. The van der Waals surface area contributed by atoms with Gasteiger partial charge < -0.3 is 9.88 Å². The molecule has 5 heteroatoms. The van der Waals surface area contributed by atoms with Gasteiger partial charge in [-0.05, 0) is 42.2 Å². The van der Waals surface area contributed by atoms with Crippen molar-refractivity contribution in [3.63, 3.8) is 0 Å². The molecular weight excluding hydrogens is 334 g/mol. The second-order valence-corrected chi connectivity index (χ2v) is 7.11. The van der Waals surface area contributed by atoms with Crippen LogP contribution in [0.3, 0.4) is 0 Å². The molecule has 4 aromatic rings. The van der Waals surface area contributed by atoms with Gasteiger partial charge in [0.15, 0.2) is 0 Å². The number of aromatic nitrogens is 4. The smallest absolute Gasteiger partial charge is 0.133 e. The predicted octanol–water partition coefficient (Wildman–Crippen LogP) is 4.36. The van der Waals surface area contributed by atoms with Crippen molar-refractivity contribution in [2.45, 2.75) is 31.8 Å². The molecule has 1 aliphatic carbocycles. The molecule has 0 saturated heterocycles. The molecule has 27 heavy (non-hydrogen) atoms. The summed E-state index contributed by atoms with van der Waals surface area (Å²) in [6, 6.07) is 18.9. The van der Waals surface area contributed by atoms with E-state index >= 15 is 0 Å². The average molecular weight is 355 g/mol. The van der Waals surface area contributed by atoms with Crippen LogP contribution in [-0.2, 0) is 13.1 Å². The van der Waals surface area contributed by atoms with Crippen molar-refractivity contribution < 1.29 is 0 Å². The van der Waals surface area contributed by atoms with Gasteiger partial charge in [-0.3, -0.25) is 0 Å². The highest BCUT2D eigenvalue weighted by molar-refractivity contribution is 5.75. The van der Waals surface area contributed by atoms with Crippen LogP contribution in [0.25, 0.3) is 11.0 Å². The number of para-hydroxylation sites is 2. The lowest BCUT2D eigenvalue weighted by Gasteiger charge is -2.09. The first kappa shape index (κ1) is 16.0. The summed E-state index contributed by atoms with van der Waals surface area (Å²) in [5, 5.41) is 3.41. The largest absolute Gasteiger partial charge is 0.366 e. The number of imidazole rings is 1. The van der Waals surface area contributed by atoms with Crippen molar-refractivity contribution >= 4 is 16.9 Å². The highest BCUT2D eigenvalue weighted by Gasteiger charge is 2.26. The van der Waals surface area contributed by atoms with Crippen LogP contribution in [0.5, 0.6) is 0 Å². The maximum Gasteiger partial charge on any atom is 0.133 e. The molecule has 5 rings (SSSR count). The molecule has 0 bridgehead atoms. The summed E-state index contributed by atoms with van der Waals surface area (Å²) in [6.07, 6.45) is 6.20. The Morgan fingerprint density at radius 3 is 2.59 bits per heavy atom. The fourth-order valence-corrected chi connectivity index (χ4v) is 3.30. The topological polar surface area (TPSA) is 55.6 Å². The van der Waals surface area contributed by atoms with E-state index in [9.17, 15) is 0 Å². The third-order valence-corrected chi connectivity index (χ3v) is 4.99. The SMILES string of the molecule is c1ccc2c(c1)ncn2Cc1ccc(CNc2ccnc(C3CC3)n2)cc1. The lowest BCUT2D eigenvalue weighted by Crippen LogP contribution is -2.04. The zero-order chi connectivity index (χ0) is 18.1. The third kappa shape index (κ3) is 3.53. The molecule has 0 spiro atoms. The van der Waals surface area contributed by atoms with E-state index < -0.39 is 0 Å². The number of hydrogen-bond acceptors (Lipinski definition) is 4. The number of nitrogens with zero attached hydrogens (tertiary/aromatic N) is 4. The minimum atomic E-state index is 0.574. The van der Waals surface area contributed by atoms with Crippen molar-refractivity contribution in [2.75, 3.05) is 5.32 Å². The van der Waals surface area contributed by atoms with Crippen LogP contribution >= 0.6 is 0 Å². The molecule has 0 amide bonds. The highest BCUT2D eigenvalue weighted by atomic mass is 15.0. The van der Waals surface area contributed by atoms with Gasteiger partial charge in [0.1, 0.15) is 11.6 Å². The maximum absolute atomic E-state index is 4.61. The summed E-state index contributed by atoms with van der Waals surface area (Å²) in [7, 11) is 0. The molecule has 0 aliphatic heterocycles. The monoisotopic (exact) mass is 355 g/mol. The summed E-state index contributed by atoms with van der Waals surface area (Å²) in [6.45, 7) is 1.58. The number of benzene rings is 2. The Balaban J connectivity index is 1.24. The van der Waals surface area contributed by atoms with Crippen LogP contribution < -0.4 is 5.32 Å². The van der Waals surface area contributed by atoms with E-state index in [1.807, 2.05) is 30.7 Å². The Hall–Kier alpha value is -3.21. The van der Waals surface area contributed by atoms with Crippen LogP contribution in [0.2, 0.25) is 0 Å². The van der Waals surface area contributed by atoms with Crippen LogP contribution in [0.4, 0.5) is 5.82 Å². The maximum atomic E-state index is 4.61. The van der Waals surface area contributed by atoms with Gasteiger partial charge in [0.25, 0.3) is 0 Å². The first-order valence-electron chi connectivity index (χ1n) is 9.40. The van der Waals surface area contributed by atoms with E-state index in [-0.39, 0.29) is 0 Å². The Labute approximate surface area is 158 Å². The second kappa shape index (κ2) is 6.83. The fraction of sp³-hybridized carbons (Fsp3) is 0.227. The molecule has 134 valence electrons. The van der Waals surface area contributed by atoms with E-state index in [0.29, 0.717) is 5.92 Å². The van der Waals surface area contributed by atoms with E-state index in [0.717, 1.165) is 30.2 Å². The molecule has 2 heterocycles. The Morgan fingerprint density at radius 2 is 1.74 bits per heavy atom. The van der Waals surface area contributed by atoms with Gasteiger partial charge in [-0.25, -0.2) is 15.0 Å². The van der Waals surface area contributed by atoms with E-state index in [1.165, 1.54) is 29.5 Å². The Morgan fingerprint density at radius 1 is 0.926 bits per heavy atom. The summed E-state index contributed by atoms with van der Waals surface area (Å²) in [4.78, 5) is 13.4. The first-order chi connectivity index (χ1) is 13.3. The normalized spacial score (nSPS) is 13.8. The van der Waals surface area contributed by atoms with Gasteiger partial charge in [0.05, 0.1) is 17.4 Å². The van der Waals surface area contributed by atoms with Gasteiger partial charge in [-0.2, -0.15) is 0 Å². The quantitative estimate of drug-likeness (QED) is 0.558. The Bertz CT molecular complexity index is 1060. The van der Waals surface area contributed by atoms with Gasteiger partial charge in [-0.15, -0.1) is 0 Å². The van der Waals surface area contributed by atoms with E-state index in [4.69, 9.17) is 0 Å². The number of hydrogen-bond donors (Lipinski definition) is 1. The number of rotatable bonds is 6. The number of nitrogens with one attached hydrogen (secondary N) is 1. The molecule has 5 nitrogen and oxygen atoms in total. The average Bonchev–Trinajstić information content (AvgIpc) is 3.50. The van der Waals surface area contributed by atoms with Crippen LogP contribution in [0, 0.1) is 0 Å². The van der Waals surface area contributed by atoms with Crippen molar-refractivity contribution in [3.05, 3.63) is 84.1 Å². The standard InChI is InChI=1S/C22H21N5/c1-2-4-20-19(3-1)25-15-27(20)14-17-7-5-16(6-8-17)13-24-21-11-12-23-22(26-21)18-9-10-18/h1-8,11-12,15,18H,9-10,13-14H2,(H,23,24,26). The van der Waals surface area contributed by atoms with Crippen molar-refractivity contribution in [1.29, 1.82) is 0 Å². The molecular formula is C22H21N5. The van der Waals surface area contributed by atoms with Gasteiger partial charge >= 0.3 is 0 Å². The fourth-order valence-electron chi connectivity index (χ4n) is 3.30. The lowest BCUT2D eigenvalue weighted by molar-refractivity contribution is 0.823. The molecule has 0 unspecified atom stereocenters. The lowest BCUT2D eigenvalue weighted by atomic mass is 10.1. The van der Waals surface area contributed by atoms with Gasteiger partial charge in [0.2, 0.25) is 0 Å². The zero-order valence-corrected chi connectivity index (χ0v) is 15.0. The van der Waals surface area contributed by atoms with Gasteiger partial charge in [-0.1, -0.05) is 36.4 Å². The zero-order valence-electron chi connectivity index (χ0n) is 15.0. The second-order valence-electron chi connectivity index (χ2n) is 7.11. The summed E-state index contributed by atoms with van der Waals surface area (Å²) >= 11 is 0. The van der Waals surface area contributed by atoms with Crippen LogP contribution in [-0.4, -0.2) is 19.5 Å². The summed E-state index contributed by atoms with van der Waals surface area (Å²) in [5.41, 5.74) is 4.70. The molecule has 1 saturated carbocycles. The molecule has 0 atom stereocenters. The Kier molecular flexibility index (Phi) is 4.05. The summed E-state index contributed by atoms with van der Waals surface area (Å²) in [5.74, 6) is 2.45. The molecule has 1 N–H and O–H groups in total. The highest BCUT2D eigenvalue weighted by Crippen LogP contribution is 2.38. The minimum absolute atomic E-state index is 0.574. The van der Waals surface area contributed by atoms with Crippen molar-refractivity contribution in [2.24, 2.45) is 0 Å². The van der Waals surface area contributed by atoms with Crippen LogP contribution in [0.15, 0.2) is 67.1 Å². The predicted molar refractivity (Wildman–Crippen MR) is 107 cm³/mol. The molecule has 1 aliphatic rings. The molecule has 0 radical (unpaired) electrons.